The average Bonchev–Trinajstić information content (AvgIpc) is 2.69. The molecule has 0 spiro atoms. The second-order valence-corrected chi connectivity index (χ2v) is 6.14. The lowest BCUT2D eigenvalue weighted by Gasteiger charge is -2.16. The van der Waals surface area contributed by atoms with Gasteiger partial charge in [0.25, 0.3) is 5.91 Å². The van der Waals surface area contributed by atoms with Crippen molar-refractivity contribution in [1.82, 2.24) is 9.88 Å². The number of hydrogen-bond acceptors (Lipinski definition) is 1. The summed E-state index contributed by atoms with van der Waals surface area (Å²) in [6, 6.07) is 9.63. The molecule has 1 heterocycles. The Hall–Kier alpha value is -1.07. The number of benzene rings is 1. The maximum atomic E-state index is 12.2. The predicted octanol–water partition coefficient (Wildman–Crippen LogP) is 4.04. The second-order valence-electron chi connectivity index (χ2n) is 4.37. The number of nitrogens with one attached hydrogen (secondary N) is 1. The summed E-state index contributed by atoms with van der Waals surface area (Å²) in [6.07, 6.45) is 1.86. The van der Waals surface area contributed by atoms with Crippen molar-refractivity contribution in [3.05, 3.63) is 56.7 Å². The summed E-state index contributed by atoms with van der Waals surface area (Å²) < 4.78 is 3.69. The fraction of sp³-hybridized carbons (Fsp3) is 0.214. The summed E-state index contributed by atoms with van der Waals surface area (Å²) in [5, 5.41) is 3.00. The van der Waals surface area contributed by atoms with E-state index in [0.717, 1.165) is 14.5 Å². The molecule has 1 N–H and O–H groups in total. The van der Waals surface area contributed by atoms with E-state index in [1.54, 1.807) is 4.57 Å². The maximum absolute atomic E-state index is 12.2. The van der Waals surface area contributed by atoms with Gasteiger partial charge in [0.1, 0.15) is 5.69 Å². The zero-order valence-corrected chi connectivity index (χ0v) is 13.8. The van der Waals surface area contributed by atoms with E-state index in [1.807, 2.05) is 50.5 Å². The van der Waals surface area contributed by atoms with Crippen LogP contribution in [-0.2, 0) is 7.05 Å². The molecule has 2 aromatic rings. The fourth-order valence-electron chi connectivity index (χ4n) is 1.92. The molecule has 1 amide bonds. The Morgan fingerprint density at radius 2 is 2.00 bits per heavy atom. The zero-order valence-electron chi connectivity index (χ0n) is 10.7. The standard InChI is InChI=1S/C14H14Br2N2O/c1-9(11-5-3-4-6-12(11)16)17-14(19)13-7-10(15)8-18(13)2/h3-9H,1-2H3,(H,17,19). The Bertz CT molecular complexity index is 607. The molecule has 0 bridgehead atoms. The van der Waals surface area contributed by atoms with Gasteiger partial charge < -0.3 is 9.88 Å². The number of carbonyl (C=O) groups is 1. The first-order valence-corrected chi connectivity index (χ1v) is 7.45. The van der Waals surface area contributed by atoms with Crippen molar-refractivity contribution in [3.63, 3.8) is 0 Å². The van der Waals surface area contributed by atoms with Crippen LogP contribution in [0.2, 0.25) is 0 Å². The number of nitrogens with zero attached hydrogens (tertiary/aromatic N) is 1. The minimum atomic E-state index is -0.0866. The second kappa shape index (κ2) is 5.92. The van der Waals surface area contributed by atoms with E-state index in [9.17, 15) is 4.79 Å². The third-order valence-electron chi connectivity index (χ3n) is 2.92. The van der Waals surface area contributed by atoms with Crippen LogP contribution in [-0.4, -0.2) is 10.5 Å². The minimum Gasteiger partial charge on any atom is -0.345 e. The monoisotopic (exact) mass is 384 g/mol. The molecule has 2 rings (SSSR count). The van der Waals surface area contributed by atoms with Gasteiger partial charge in [0, 0.05) is 22.2 Å². The zero-order chi connectivity index (χ0) is 14.0. The predicted molar refractivity (Wildman–Crippen MR) is 83.1 cm³/mol. The van der Waals surface area contributed by atoms with E-state index in [4.69, 9.17) is 0 Å². The van der Waals surface area contributed by atoms with Crippen LogP contribution in [0.5, 0.6) is 0 Å². The van der Waals surface area contributed by atoms with Crippen LogP contribution in [0.4, 0.5) is 0 Å². The summed E-state index contributed by atoms with van der Waals surface area (Å²) >= 11 is 6.86. The molecule has 5 heteroatoms. The van der Waals surface area contributed by atoms with Gasteiger partial charge in [-0.3, -0.25) is 4.79 Å². The smallest absolute Gasteiger partial charge is 0.268 e. The van der Waals surface area contributed by atoms with Crippen LogP contribution in [0.3, 0.4) is 0 Å². The summed E-state index contributed by atoms with van der Waals surface area (Å²) in [6.45, 7) is 1.97. The minimum absolute atomic E-state index is 0.0586. The SMILES string of the molecule is CC(NC(=O)c1cc(Br)cn1C)c1ccccc1Br. The number of carbonyl (C=O) groups excluding carboxylic acids is 1. The lowest BCUT2D eigenvalue weighted by Crippen LogP contribution is -2.28. The van der Waals surface area contributed by atoms with Gasteiger partial charge in [-0.1, -0.05) is 34.1 Å². The molecule has 0 saturated heterocycles. The van der Waals surface area contributed by atoms with Gasteiger partial charge in [0.05, 0.1) is 6.04 Å². The molecule has 19 heavy (non-hydrogen) atoms. The van der Waals surface area contributed by atoms with Gasteiger partial charge in [0.2, 0.25) is 0 Å². The van der Waals surface area contributed by atoms with Gasteiger partial charge in [-0.15, -0.1) is 0 Å². The molecule has 100 valence electrons. The Morgan fingerprint density at radius 1 is 1.32 bits per heavy atom. The summed E-state index contributed by atoms with van der Waals surface area (Å²) in [4.78, 5) is 12.2. The largest absolute Gasteiger partial charge is 0.345 e. The highest BCUT2D eigenvalue weighted by Gasteiger charge is 2.16. The Kier molecular flexibility index (Phi) is 4.47. The van der Waals surface area contributed by atoms with Crippen molar-refractivity contribution in [2.75, 3.05) is 0 Å². The van der Waals surface area contributed by atoms with Gasteiger partial charge in [-0.2, -0.15) is 0 Å². The molecule has 0 aliphatic carbocycles. The third-order valence-corrected chi connectivity index (χ3v) is 4.08. The highest BCUT2D eigenvalue weighted by atomic mass is 79.9. The average molecular weight is 386 g/mol. The van der Waals surface area contributed by atoms with E-state index in [-0.39, 0.29) is 11.9 Å². The van der Waals surface area contributed by atoms with Crippen LogP contribution in [0, 0.1) is 0 Å². The first-order chi connectivity index (χ1) is 8.99. The molecule has 1 unspecified atom stereocenters. The molecule has 0 fully saturated rings. The maximum Gasteiger partial charge on any atom is 0.268 e. The van der Waals surface area contributed by atoms with Crippen LogP contribution >= 0.6 is 31.9 Å². The van der Waals surface area contributed by atoms with Crippen LogP contribution in [0.1, 0.15) is 29.0 Å². The van der Waals surface area contributed by atoms with Crippen molar-refractivity contribution in [2.45, 2.75) is 13.0 Å². The number of halogens is 2. The first-order valence-electron chi connectivity index (χ1n) is 5.86. The topological polar surface area (TPSA) is 34.0 Å². The molecule has 1 aromatic heterocycles. The van der Waals surface area contributed by atoms with E-state index < -0.39 is 0 Å². The van der Waals surface area contributed by atoms with E-state index >= 15 is 0 Å². The third kappa shape index (κ3) is 3.28. The quantitative estimate of drug-likeness (QED) is 0.849. The van der Waals surface area contributed by atoms with Crippen LogP contribution in [0.25, 0.3) is 0 Å². The summed E-state index contributed by atoms with van der Waals surface area (Å²) in [5.74, 6) is -0.0866. The number of amides is 1. The van der Waals surface area contributed by atoms with E-state index in [1.165, 1.54) is 0 Å². The molecule has 0 aliphatic heterocycles. The first kappa shape index (κ1) is 14.3. The molecule has 3 nitrogen and oxygen atoms in total. The Balaban J connectivity index is 2.15. The lowest BCUT2D eigenvalue weighted by molar-refractivity contribution is 0.0931. The number of hydrogen-bond donors (Lipinski definition) is 1. The van der Waals surface area contributed by atoms with Crippen molar-refractivity contribution in [2.24, 2.45) is 7.05 Å². The summed E-state index contributed by atoms with van der Waals surface area (Å²) in [5.41, 5.74) is 1.69. The molecule has 1 atom stereocenters. The lowest BCUT2D eigenvalue weighted by atomic mass is 10.1. The Labute approximate surface area is 129 Å². The molecule has 0 saturated carbocycles. The molecule has 0 aliphatic rings. The van der Waals surface area contributed by atoms with Gasteiger partial charge in [0.15, 0.2) is 0 Å². The highest BCUT2D eigenvalue weighted by Crippen LogP contribution is 2.23. The van der Waals surface area contributed by atoms with E-state index in [2.05, 4.69) is 37.2 Å². The highest BCUT2D eigenvalue weighted by molar-refractivity contribution is 9.10. The van der Waals surface area contributed by atoms with Gasteiger partial charge >= 0.3 is 0 Å². The molecular weight excluding hydrogens is 372 g/mol. The molecule has 0 radical (unpaired) electrons. The van der Waals surface area contributed by atoms with E-state index in [0.29, 0.717) is 5.69 Å². The number of aromatic nitrogens is 1. The van der Waals surface area contributed by atoms with Crippen molar-refractivity contribution in [1.29, 1.82) is 0 Å². The molecule has 1 aromatic carbocycles. The normalized spacial score (nSPS) is 12.2. The van der Waals surface area contributed by atoms with Crippen molar-refractivity contribution >= 4 is 37.8 Å². The van der Waals surface area contributed by atoms with Gasteiger partial charge in [-0.25, -0.2) is 0 Å². The van der Waals surface area contributed by atoms with Crippen molar-refractivity contribution in [3.8, 4) is 0 Å². The Morgan fingerprint density at radius 3 is 2.58 bits per heavy atom. The summed E-state index contributed by atoms with van der Waals surface area (Å²) in [7, 11) is 1.85. The number of rotatable bonds is 3. The fourth-order valence-corrected chi connectivity index (χ4v) is 3.08. The van der Waals surface area contributed by atoms with Crippen LogP contribution in [0.15, 0.2) is 45.5 Å². The number of aryl methyl sites for hydroxylation is 1. The van der Waals surface area contributed by atoms with Crippen LogP contribution < -0.4 is 5.32 Å². The van der Waals surface area contributed by atoms with Crippen molar-refractivity contribution < 1.29 is 4.79 Å². The van der Waals surface area contributed by atoms with Gasteiger partial charge in [-0.05, 0) is 40.5 Å². The molecular formula is C14H14Br2N2O.